The van der Waals surface area contributed by atoms with Crippen molar-refractivity contribution in [2.45, 2.75) is 31.3 Å². The molecule has 1 rings (SSSR count). The smallest absolute Gasteiger partial charge is 0.0582 e. The van der Waals surface area contributed by atoms with Gasteiger partial charge in [0.2, 0.25) is 0 Å². The van der Waals surface area contributed by atoms with Gasteiger partial charge in [0.1, 0.15) is 0 Å². The van der Waals surface area contributed by atoms with Gasteiger partial charge in [0.15, 0.2) is 0 Å². The van der Waals surface area contributed by atoms with E-state index in [1.54, 1.807) is 0 Å². The molecule has 60 valence electrons. The Bertz CT molecular complexity index is 102. The molecule has 10 heavy (non-hydrogen) atoms. The molecule has 5 N–H and O–H groups in total. The molecule has 0 radical (unpaired) electrons. The summed E-state index contributed by atoms with van der Waals surface area (Å²) < 4.78 is 0. The highest BCUT2D eigenvalue weighted by Crippen LogP contribution is 2.29. The number of hydrogen-bond acceptors (Lipinski definition) is 3. The second-order valence-electron chi connectivity index (χ2n) is 3.28. The molecule has 0 aromatic rings. The van der Waals surface area contributed by atoms with Gasteiger partial charge in [0.05, 0.1) is 6.61 Å². The molecule has 0 aliphatic heterocycles. The molecule has 0 heterocycles. The van der Waals surface area contributed by atoms with Crippen molar-refractivity contribution in [2.75, 3.05) is 6.61 Å². The average molecular weight is 144 g/mol. The molecule has 0 spiro atoms. The lowest BCUT2D eigenvalue weighted by Gasteiger charge is -2.33. The summed E-state index contributed by atoms with van der Waals surface area (Å²) in [6, 6.07) is 0.369. The lowest BCUT2D eigenvalue weighted by atomic mass is 9.77. The van der Waals surface area contributed by atoms with Gasteiger partial charge in [-0.3, -0.25) is 0 Å². The number of nitrogens with two attached hydrogens (primary N) is 2. The Morgan fingerprint density at radius 2 is 2.10 bits per heavy atom. The Kier molecular flexibility index (Phi) is 2.65. The largest absolute Gasteiger partial charge is 0.395 e. The molecule has 1 aliphatic carbocycles. The van der Waals surface area contributed by atoms with E-state index in [1.807, 2.05) is 0 Å². The van der Waals surface area contributed by atoms with E-state index in [4.69, 9.17) is 16.6 Å². The molecule has 1 saturated carbocycles. The first-order valence-electron chi connectivity index (χ1n) is 3.84. The van der Waals surface area contributed by atoms with Crippen LogP contribution in [0.1, 0.15) is 19.3 Å². The fourth-order valence-electron chi connectivity index (χ4n) is 1.48. The maximum atomic E-state index is 8.61. The molecular weight excluding hydrogens is 128 g/mol. The van der Waals surface area contributed by atoms with Crippen molar-refractivity contribution in [2.24, 2.45) is 17.4 Å². The van der Waals surface area contributed by atoms with Crippen LogP contribution in [0.5, 0.6) is 0 Å². The predicted octanol–water partition coefficient (Wildman–Crippen LogP) is -0.567. The third-order valence-corrected chi connectivity index (χ3v) is 2.14. The van der Waals surface area contributed by atoms with Crippen LogP contribution in [-0.4, -0.2) is 23.8 Å². The molecule has 1 atom stereocenters. The number of rotatable bonds is 3. The van der Waals surface area contributed by atoms with E-state index in [2.05, 4.69) is 0 Å². The van der Waals surface area contributed by atoms with Gasteiger partial charge in [-0.1, -0.05) is 0 Å². The molecule has 3 nitrogen and oxygen atoms in total. The van der Waals surface area contributed by atoms with E-state index in [0.29, 0.717) is 12.0 Å². The van der Waals surface area contributed by atoms with Crippen molar-refractivity contribution in [3.63, 3.8) is 0 Å². The minimum atomic E-state index is -0.0301. The number of aliphatic hydroxyl groups excluding tert-OH is 1. The minimum Gasteiger partial charge on any atom is -0.395 e. The fourth-order valence-corrected chi connectivity index (χ4v) is 1.48. The standard InChI is InChI=1S/C7H16N2O/c8-6-1-5(2-6)3-7(9)4-10/h5-7,10H,1-4,8-9H2. The first kappa shape index (κ1) is 7.98. The van der Waals surface area contributed by atoms with Gasteiger partial charge in [-0.25, -0.2) is 0 Å². The third kappa shape index (κ3) is 1.94. The van der Waals surface area contributed by atoms with Crippen LogP contribution in [0.3, 0.4) is 0 Å². The molecule has 0 bridgehead atoms. The Labute approximate surface area is 61.4 Å². The summed E-state index contributed by atoms with van der Waals surface area (Å²) in [5.74, 6) is 0.678. The highest BCUT2D eigenvalue weighted by Gasteiger charge is 2.26. The van der Waals surface area contributed by atoms with Crippen LogP contribution in [0, 0.1) is 5.92 Å². The highest BCUT2D eigenvalue weighted by molar-refractivity contribution is 4.84. The van der Waals surface area contributed by atoms with Gasteiger partial charge in [-0.05, 0) is 25.2 Å². The third-order valence-electron chi connectivity index (χ3n) is 2.14. The molecule has 0 amide bonds. The molecule has 0 aromatic carbocycles. The van der Waals surface area contributed by atoms with Gasteiger partial charge >= 0.3 is 0 Å². The maximum Gasteiger partial charge on any atom is 0.0582 e. The fraction of sp³-hybridized carbons (Fsp3) is 1.00. The van der Waals surface area contributed by atoms with Crippen molar-refractivity contribution in [1.82, 2.24) is 0 Å². The monoisotopic (exact) mass is 144 g/mol. The summed E-state index contributed by atoms with van der Waals surface area (Å²) >= 11 is 0. The summed E-state index contributed by atoms with van der Waals surface area (Å²) in [5, 5.41) is 8.61. The molecule has 1 aliphatic rings. The number of aliphatic hydroxyl groups is 1. The summed E-state index contributed by atoms with van der Waals surface area (Å²) in [6.45, 7) is 0.103. The summed E-state index contributed by atoms with van der Waals surface area (Å²) in [5.41, 5.74) is 11.1. The van der Waals surface area contributed by atoms with Crippen LogP contribution in [0.4, 0.5) is 0 Å². The van der Waals surface area contributed by atoms with Gasteiger partial charge in [-0.15, -0.1) is 0 Å². The van der Waals surface area contributed by atoms with E-state index in [-0.39, 0.29) is 12.6 Å². The van der Waals surface area contributed by atoms with E-state index in [0.717, 1.165) is 19.3 Å². The van der Waals surface area contributed by atoms with Gasteiger partial charge < -0.3 is 16.6 Å². The van der Waals surface area contributed by atoms with Crippen molar-refractivity contribution in [3.05, 3.63) is 0 Å². The van der Waals surface area contributed by atoms with E-state index in [1.165, 1.54) is 0 Å². The summed E-state index contributed by atoms with van der Waals surface area (Å²) in [6.07, 6.45) is 3.12. The Hall–Kier alpha value is -0.120. The zero-order valence-corrected chi connectivity index (χ0v) is 6.16. The quantitative estimate of drug-likeness (QED) is 0.497. The average Bonchev–Trinajstić information content (AvgIpc) is 1.84. The molecule has 1 unspecified atom stereocenters. The topological polar surface area (TPSA) is 72.3 Å². The van der Waals surface area contributed by atoms with E-state index >= 15 is 0 Å². The van der Waals surface area contributed by atoms with Gasteiger partial charge in [0.25, 0.3) is 0 Å². The molecular formula is C7H16N2O. The van der Waals surface area contributed by atoms with Crippen molar-refractivity contribution >= 4 is 0 Å². The van der Waals surface area contributed by atoms with Crippen LogP contribution in [0.2, 0.25) is 0 Å². The first-order valence-corrected chi connectivity index (χ1v) is 3.84. The van der Waals surface area contributed by atoms with Crippen molar-refractivity contribution < 1.29 is 5.11 Å². The maximum absolute atomic E-state index is 8.61. The predicted molar refractivity (Wildman–Crippen MR) is 40.4 cm³/mol. The second-order valence-corrected chi connectivity index (χ2v) is 3.28. The zero-order valence-electron chi connectivity index (χ0n) is 6.16. The van der Waals surface area contributed by atoms with Crippen molar-refractivity contribution in [3.8, 4) is 0 Å². The van der Waals surface area contributed by atoms with Crippen LogP contribution < -0.4 is 11.5 Å². The molecule has 0 aromatic heterocycles. The minimum absolute atomic E-state index is 0.0301. The van der Waals surface area contributed by atoms with Gasteiger partial charge in [0, 0.05) is 12.1 Å². The summed E-state index contributed by atoms with van der Waals surface area (Å²) in [7, 11) is 0. The van der Waals surface area contributed by atoms with Crippen LogP contribution in [0.15, 0.2) is 0 Å². The van der Waals surface area contributed by atoms with E-state index in [9.17, 15) is 0 Å². The lowest BCUT2D eigenvalue weighted by Crippen LogP contribution is -2.40. The molecule has 1 fully saturated rings. The van der Waals surface area contributed by atoms with E-state index < -0.39 is 0 Å². The van der Waals surface area contributed by atoms with Gasteiger partial charge in [-0.2, -0.15) is 0 Å². The lowest BCUT2D eigenvalue weighted by molar-refractivity contribution is 0.193. The van der Waals surface area contributed by atoms with Crippen LogP contribution in [-0.2, 0) is 0 Å². The number of hydrogen-bond donors (Lipinski definition) is 3. The van der Waals surface area contributed by atoms with Crippen LogP contribution >= 0.6 is 0 Å². The Morgan fingerprint density at radius 1 is 1.50 bits per heavy atom. The zero-order chi connectivity index (χ0) is 7.56. The summed E-state index contributed by atoms with van der Waals surface area (Å²) in [4.78, 5) is 0. The Morgan fingerprint density at radius 3 is 2.50 bits per heavy atom. The Balaban J connectivity index is 2.04. The second kappa shape index (κ2) is 3.32. The molecule has 0 saturated heterocycles. The van der Waals surface area contributed by atoms with Crippen molar-refractivity contribution in [1.29, 1.82) is 0 Å². The first-order chi connectivity index (χ1) is 4.72. The highest BCUT2D eigenvalue weighted by atomic mass is 16.3. The molecule has 3 heteroatoms. The normalized spacial score (nSPS) is 35.1. The van der Waals surface area contributed by atoms with Crippen LogP contribution in [0.25, 0.3) is 0 Å². The SMILES string of the molecule is NC(CO)CC1CC(N)C1.